The van der Waals surface area contributed by atoms with Crippen molar-refractivity contribution in [1.82, 2.24) is 0 Å². The molecule has 0 aromatic heterocycles. The molecule has 0 saturated heterocycles. The van der Waals surface area contributed by atoms with E-state index in [4.69, 9.17) is 9.79 Å². The quantitative estimate of drug-likeness (QED) is 0.166. The van der Waals surface area contributed by atoms with Crippen molar-refractivity contribution in [3.8, 4) is 0 Å². The SMILES string of the molecule is CCCCCCCCCCCCCCCCOP(=O)(O)O.[CH2-]CCC.[Na+]. The van der Waals surface area contributed by atoms with Crippen LogP contribution in [0.4, 0.5) is 0 Å². The van der Waals surface area contributed by atoms with Gasteiger partial charge in [0.15, 0.2) is 0 Å². The van der Waals surface area contributed by atoms with Crippen molar-refractivity contribution in [3.05, 3.63) is 6.92 Å². The minimum atomic E-state index is -4.25. The van der Waals surface area contributed by atoms with E-state index >= 15 is 0 Å². The maximum atomic E-state index is 10.4. The number of phosphoric ester groups is 1. The van der Waals surface area contributed by atoms with Gasteiger partial charge in [-0.05, 0) is 6.42 Å². The Bertz CT molecular complexity index is 283. The van der Waals surface area contributed by atoms with Gasteiger partial charge in [0.05, 0.1) is 6.61 Å². The van der Waals surface area contributed by atoms with E-state index in [0.29, 0.717) is 0 Å². The monoisotopic (exact) mass is 402 g/mol. The first-order chi connectivity index (χ1) is 12.0. The van der Waals surface area contributed by atoms with E-state index in [1.54, 1.807) is 0 Å². The molecule has 2 N–H and O–H groups in total. The van der Waals surface area contributed by atoms with Gasteiger partial charge in [-0.2, -0.15) is 6.42 Å². The van der Waals surface area contributed by atoms with Gasteiger partial charge < -0.3 is 16.7 Å². The molecule has 26 heavy (non-hydrogen) atoms. The van der Waals surface area contributed by atoms with Crippen LogP contribution in [0.2, 0.25) is 0 Å². The van der Waals surface area contributed by atoms with Crippen LogP contribution in [0.1, 0.15) is 117 Å². The Morgan fingerprint density at radius 2 is 1.00 bits per heavy atom. The smallest absolute Gasteiger partial charge is 0.343 e. The Morgan fingerprint density at radius 3 is 1.27 bits per heavy atom. The molecule has 0 fully saturated rings. The Balaban J connectivity index is -0.000000951. The number of hydrogen-bond acceptors (Lipinski definition) is 2. The zero-order chi connectivity index (χ0) is 19.2. The fourth-order valence-electron chi connectivity index (χ4n) is 2.48. The second kappa shape index (κ2) is 26.1. The molecule has 4 nitrogen and oxygen atoms in total. The van der Waals surface area contributed by atoms with Crippen LogP contribution in [-0.2, 0) is 9.09 Å². The largest absolute Gasteiger partial charge is 1.00 e. The Morgan fingerprint density at radius 1 is 0.692 bits per heavy atom. The summed E-state index contributed by atoms with van der Waals surface area (Å²) in [6.45, 7) is 8.15. The first-order valence-corrected chi connectivity index (χ1v) is 12.0. The van der Waals surface area contributed by atoms with Crippen molar-refractivity contribution in [2.75, 3.05) is 6.61 Å². The first-order valence-electron chi connectivity index (χ1n) is 10.5. The maximum absolute atomic E-state index is 10.4. The summed E-state index contributed by atoms with van der Waals surface area (Å²) in [4.78, 5) is 17.0. The predicted octanol–water partition coefficient (Wildman–Crippen LogP) is 4.20. The first kappa shape index (κ1) is 31.8. The molecule has 0 amide bonds. The third-order valence-electron chi connectivity index (χ3n) is 4.11. The zero-order valence-corrected chi connectivity index (χ0v) is 20.8. The van der Waals surface area contributed by atoms with Crippen molar-refractivity contribution < 1.29 is 48.4 Å². The van der Waals surface area contributed by atoms with Gasteiger partial charge in [-0.1, -0.05) is 104 Å². The summed E-state index contributed by atoms with van der Waals surface area (Å²) >= 11 is 0. The topological polar surface area (TPSA) is 66.8 Å². The summed E-state index contributed by atoms with van der Waals surface area (Å²) in [5, 5.41) is 0. The van der Waals surface area contributed by atoms with E-state index in [1.165, 1.54) is 77.0 Å². The molecular formula is C20H44NaO4P. The van der Waals surface area contributed by atoms with Crippen LogP contribution < -0.4 is 29.6 Å². The molecule has 0 saturated carbocycles. The molecule has 0 aliphatic carbocycles. The Hall–Kier alpha value is 1.11. The summed E-state index contributed by atoms with van der Waals surface area (Å²) in [6, 6.07) is 0. The van der Waals surface area contributed by atoms with Crippen molar-refractivity contribution in [2.24, 2.45) is 0 Å². The molecule has 0 aromatic rings. The molecule has 0 rings (SSSR count). The van der Waals surface area contributed by atoms with Crippen molar-refractivity contribution in [2.45, 2.75) is 117 Å². The second-order valence-electron chi connectivity index (χ2n) is 6.77. The Kier molecular flexibility index (Phi) is 31.9. The standard InChI is InChI=1S/C16H35O4P.C4H9.Na/c1-2-3-4-5-6-7-8-9-10-11-12-13-14-15-16-20-21(17,18)19;1-3-4-2;/h2-16H2,1H3,(H2,17,18,19);1,3-4H2,2H3;/q;-1;+1. The molecule has 154 valence electrons. The average Bonchev–Trinajstić information content (AvgIpc) is 2.57. The van der Waals surface area contributed by atoms with E-state index in [-0.39, 0.29) is 36.2 Å². The third kappa shape index (κ3) is 36.1. The van der Waals surface area contributed by atoms with Crippen LogP contribution >= 0.6 is 7.82 Å². The molecule has 6 heteroatoms. The fourth-order valence-corrected chi connectivity index (χ4v) is 2.85. The molecule has 0 aliphatic heterocycles. The van der Waals surface area contributed by atoms with E-state index in [1.807, 2.05) is 0 Å². The summed E-state index contributed by atoms with van der Waals surface area (Å²) in [5.41, 5.74) is 0. The normalized spacial score (nSPS) is 10.8. The molecule has 0 unspecified atom stereocenters. The number of phosphoric acid groups is 1. The van der Waals surface area contributed by atoms with Crippen LogP contribution in [0.15, 0.2) is 0 Å². The van der Waals surface area contributed by atoms with Gasteiger partial charge in [0.2, 0.25) is 0 Å². The Labute approximate surface area is 185 Å². The van der Waals surface area contributed by atoms with Gasteiger partial charge in [-0.3, -0.25) is 4.52 Å². The molecule has 0 aromatic carbocycles. The maximum Gasteiger partial charge on any atom is 1.00 e. The van der Waals surface area contributed by atoms with E-state index in [9.17, 15) is 4.57 Å². The molecule has 0 bridgehead atoms. The number of unbranched alkanes of at least 4 members (excludes halogenated alkanes) is 14. The molecule has 0 heterocycles. The van der Waals surface area contributed by atoms with Crippen molar-refractivity contribution >= 4 is 7.82 Å². The molecule has 0 atom stereocenters. The van der Waals surface area contributed by atoms with Gasteiger partial charge in [0.1, 0.15) is 0 Å². The summed E-state index contributed by atoms with van der Waals surface area (Å²) in [5.74, 6) is 0. The average molecular weight is 403 g/mol. The predicted molar refractivity (Wildman–Crippen MR) is 109 cm³/mol. The van der Waals surface area contributed by atoms with E-state index < -0.39 is 7.82 Å². The molecule has 0 aliphatic rings. The van der Waals surface area contributed by atoms with Crippen LogP contribution in [0.5, 0.6) is 0 Å². The molecule has 0 spiro atoms. The minimum absolute atomic E-state index is 0. The van der Waals surface area contributed by atoms with Crippen LogP contribution in [-0.4, -0.2) is 16.4 Å². The number of rotatable bonds is 17. The van der Waals surface area contributed by atoms with Gasteiger partial charge in [-0.25, -0.2) is 4.57 Å². The van der Waals surface area contributed by atoms with Crippen LogP contribution in [0, 0.1) is 6.92 Å². The fraction of sp³-hybridized carbons (Fsp3) is 0.950. The van der Waals surface area contributed by atoms with Gasteiger partial charge >= 0.3 is 37.4 Å². The van der Waals surface area contributed by atoms with Gasteiger partial charge in [0, 0.05) is 0 Å². The summed E-state index contributed by atoms with van der Waals surface area (Å²) in [7, 11) is -4.25. The molecule has 0 radical (unpaired) electrons. The van der Waals surface area contributed by atoms with Crippen molar-refractivity contribution in [3.63, 3.8) is 0 Å². The zero-order valence-electron chi connectivity index (χ0n) is 17.9. The third-order valence-corrected chi connectivity index (χ3v) is 4.63. The van der Waals surface area contributed by atoms with Crippen LogP contribution in [0.25, 0.3) is 0 Å². The minimum Gasteiger partial charge on any atom is -0.343 e. The van der Waals surface area contributed by atoms with Gasteiger partial charge in [0.25, 0.3) is 0 Å². The second-order valence-corrected chi connectivity index (χ2v) is 8.01. The van der Waals surface area contributed by atoms with E-state index in [0.717, 1.165) is 25.7 Å². The van der Waals surface area contributed by atoms with Gasteiger partial charge in [-0.15, -0.1) is 0 Å². The number of hydrogen-bond donors (Lipinski definition) is 2. The summed E-state index contributed by atoms with van der Waals surface area (Å²) < 4.78 is 14.8. The van der Waals surface area contributed by atoms with Crippen LogP contribution in [0.3, 0.4) is 0 Å². The molecular weight excluding hydrogens is 358 g/mol. The summed E-state index contributed by atoms with van der Waals surface area (Å²) in [6.07, 6.45) is 20.1. The van der Waals surface area contributed by atoms with Crippen molar-refractivity contribution in [1.29, 1.82) is 0 Å². The van der Waals surface area contributed by atoms with E-state index in [2.05, 4.69) is 25.3 Å².